The van der Waals surface area contributed by atoms with Crippen LogP contribution in [-0.2, 0) is 0 Å². The zero-order valence-corrected chi connectivity index (χ0v) is 17.5. The molecule has 0 saturated heterocycles. The number of carbonyl (C=O) groups is 1. The van der Waals surface area contributed by atoms with Crippen LogP contribution in [0.1, 0.15) is 36.0 Å². The summed E-state index contributed by atoms with van der Waals surface area (Å²) in [4.78, 5) is 29.4. The molecule has 4 rings (SSSR count). The molecule has 2 atom stereocenters. The highest BCUT2D eigenvalue weighted by Crippen LogP contribution is 2.26. The lowest BCUT2D eigenvalue weighted by Crippen LogP contribution is -2.34. The molecular formula is C23H22N2O8. The van der Waals surface area contributed by atoms with Crippen molar-refractivity contribution >= 4 is 28.1 Å². The first-order chi connectivity index (χ1) is 15.7. The van der Waals surface area contributed by atoms with Crippen molar-refractivity contribution in [3.8, 4) is 5.75 Å². The van der Waals surface area contributed by atoms with Gasteiger partial charge in [-0.2, -0.15) is 0 Å². The van der Waals surface area contributed by atoms with E-state index in [1.807, 2.05) is 18.2 Å². The topological polar surface area (TPSA) is 153 Å². The second-order valence-corrected chi connectivity index (χ2v) is 7.57. The lowest BCUT2D eigenvalue weighted by atomic mass is 9.95. The van der Waals surface area contributed by atoms with Crippen molar-refractivity contribution in [2.75, 3.05) is 0 Å². The molecule has 0 spiro atoms. The van der Waals surface area contributed by atoms with Crippen molar-refractivity contribution in [1.29, 1.82) is 0 Å². The van der Waals surface area contributed by atoms with E-state index in [9.17, 15) is 30.1 Å². The molecule has 0 bridgehead atoms. The Balaban J connectivity index is 0.000000190. The minimum absolute atomic E-state index is 0.0417. The number of hydrogen-bond donors (Lipinski definition) is 2. The van der Waals surface area contributed by atoms with Crippen LogP contribution < -0.4 is 4.74 Å². The number of nitrogens with zero attached hydrogens (tertiary/aromatic N) is 2. The van der Waals surface area contributed by atoms with Crippen molar-refractivity contribution < 1.29 is 29.6 Å². The van der Waals surface area contributed by atoms with Crippen LogP contribution in [0.15, 0.2) is 60.7 Å². The highest BCUT2D eigenvalue weighted by Gasteiger charge is 2.24. The Morgan fingerprint density at radius 2 is 1.48 bits per heavy atom. The molecule has 2 unspecified atom stereocenters. The number of carboxylic acid groups (broad SMARTS) is 1. The number of hydrogen-bond acceptors (Lipinski definition) is 7. The van der Waals surface area contributed by atoms with Crippen molar-refractivity contribution in [2.45, 2.75) is 37.9 Å². The van der Waals surface area contributed by atoms with Gasteiger partial charge in [0.05, 0.1) is 27.6 Å². The van der Waals surface area contributed by atoms with Crippen LogP contribution in [0.5, 0.6) is 5.75 Å². The van der Waals surface area contributed by atoms with E-state index in [1.54, 1.807) is 0 Å². The molecule has 1 fully saturated rings. The molecule has 172 valence electrons. The molecule has 3 aromatic rings. The lowest BCUT2D eigenvalue weighted by Gasteiger charge is -2.28. The first-order valence-corrected chi connectivity index (χ1v) is 10.3. The van der Waals surface area contributed by atoms with Crippen molar-refractivity contribution in [3.05, 3.63) is 86.5 Å². The largest absolute Gasteiger partial charge is 0.488 e. The van der Waals surface area contributed by atoms with Crippen molar-refractivity contribution in [3.63, 3.8) is 0 Å². The Bertz CT molecular complexity index is 1100. The van der Waals surface area contributed by atoms with Crippen LogP contribution in [0.3, 0.4) is 0 Å². The summed E-state index contributed by atoms with van der Waals surface area (Å²) in [6.45, 7) is 0. The number of fused-ring (bicyclic) bond motifs is 1. The van der Waals surface area contributed by atoms with Gasteiger partial charge in [-0.05, 0) is 42.2 Å². The fraction of sp³-hybridized carbons (Fsp3) is 0.261. The lowest BCUT2D eigenvalue weighted by molar-refractivity contribution is -0.394. The molecule has 10 nitrogen and oxygen atoms in total. The van der Waals surface area contributed by atoms with Gasteiger partial charge in [0.1, 0.15) is 11.9 Å². The summed E-state index contributed by atoms with van der Waals surface area (Å²) in [6, 6.07) is 16.6. The summed E-state index contributed by atoms with van der Waals surface area (Å²) < 4.78 is 5.93. The predicted molar refractivity (Wildman–Crippen MR) is 120 cm³/mol. The molecule has 10 heteroatoms. The molecule has 1 saturated carbocycles. The quantitative estimate of drug-likeness (QED) is 0.415. The molecule has 0 heterocycles. The smallest absolute Gasteiger partial charge is 0.336 e. The van der Waals surface area contributed by atoms with E-state index >= 15 is 0 Å². The second kappa shape index (κ2) is 10.5. The predicted octanol–water partition coefficient (Wildman–Crippen LogP) is 4.72. The number of nitro benzene ring substituents is 2. The second-order valence-electron chi connectivity index (χ2n) is 7.57. The zero-order valence-electron chi connectivity index (χ0n) is 17.5. The van der Waals surface area contributed by atoms with Crippen LogP contribution in [0.2, 0.25) is 0 Å². The van der Waals surface area contributed by atoms with Gasteiger partial charge in [-0.25, -0.2) is 4.79 Å². The maximum Gasteiger partial charge on any atom is 0.336 e. The standard InChI is InChI=1S/C16H18O2.C7H4N2O6/c17-15-7-3-4-8-16(15)18-14-10-9-12-5-1-2-6-13(12)11-14;10-7(11)4-1-5(8(12)13)3-6(2-4)9(14)15/h1-2,5-6,9-11,15-17H,3-4,7-8H2;1-3H,(H,10,11). The van der Waals surface area contributed by atoms with Crippen molar-refractivity contribution in [1.82, 2.24) is 0 Å². The number of aromatic carboxylic acids is 1. The molecule has 3 aromatic carbocycles. The Labute approximate surface area is 188 Å². The Morgan fingerprint density at radius 3 is 2.06 bits per heavy atom. The Hall–Kier alpha value is -4.05. The fourth-order valence-electron chi connectivity index (χ4n) is 3.56. The van der Waals surface area contributed by atoms with Gasteiger partial charge in [-0.15, -0.1) is 0 Å². The van der Waals surface area contributed by atoms with E-state index in [-0.39, 0.29) is 12.2 Å². The molecule has 1 aliphatic carbocycles. The number of aliphatic hydroxyl groups excluding tert-OH is 1. The minimum atomic E-state index is -1.46. The number of ether oxygens (including phenoxy) is 1. The van der Waals surface area contributed by atoms with Crippen LogP contribution >= 0.6 is 0 Å². The van der Waals surface area contributed by atoms with Gasteiger partial charge >= 0.3 is 5.97 Å². The van der Waals surface area contributed by atoms with Crippen LogP contribution in [-0.4, -0.2) is 38.2 Å². The first-order valence-electron chi connectivity index (χ1n) is 10.3. The third-order valence-corrected chi connectivity index (χ3v) is 5.25. The molecule has 0 aliphatic heterocycles. The highest BCUT2D eigenvalue weighted by atomic mass is 16.6. The first kappa shape index (κ1) is 23.6. The van der Waals surface area contributed by atoms with Gasteiger partial charge in [0.2, 0.25) is 0 Å². The highest BCUT2D eigenvalue weighted by molar-refractivity contribution is 5.89. The number of benzene rings is 3. The summed E-state index contributed by atoms with van der Waals surface area (Å²) in [7, 11) is 0. The molecule has 1 aliphatic rings. The minimum Gasteiger partial charge on any atom is -0.488 e. The Morgan fingerprint density at radius 1 is 0.879 bits per heavy atom. The molecule has 2 N–H and O–H groups in total. The van der Waals surface area contributed by atoms with Gasteiger partial charge in [0.15, 0.2) is 0 Å². The normalized spacial score (nSPS) is 17.5. The van der Waals surface area contributed by atoms with Crippen LogP contribution in [0, 0.1) is 20.2 Å². The van der Waals surface area contributed by atoms with E-state index < -0.39 is 32.8 Å². The van der Waals surface area contributed by atoms with E-state index in [2.05, 4.69) is 24.3 Å². The van der Waals surface area contributed by atoms with E-state index in [0.717, 1.165) is 43.6 Å². The van der Waals surface area contributed by atoms with Gasteiger partial charge in [-0.1, -0.05) is 36.8 Å². The van der Waals surface area contributed by atoms with Crippen LogP contribution in [0.25, 0.3) is 10.8 Å². The van der Waals surface area contributed by atoms with Gasteiger partial charge in [0.25, 0.3) is 11.4 Å². The molecule has 0 aromatic heterocycles. The number of aliphatic hydroxyl groups is 1. The van der Waals surface area contributed by atoms with Gasteiger partial charge in [0, 0.05) is 12.1 Å². The molecule has 0 amide bonds. The third kappa shape index (κ3) is 6.23. The van der Waals surface area contributed by atoms with E-state index in [0.29, 0.717) is 6.07 Å². The summed E-state index contributed by atoms with van der Waals surface area (Å²) in [5.41, 5.74) is -1.74. The van der Waals surface area contributed by atoms with Crippen molar-refractivity contribution in [2.24, 2.45) is 0 Å². The average Bonchev–Trinajstić information content (AvgIpc) is 2.80. The molecular weight excluding hydrogens is 432 g/mol. The Kier molecular flexibility index (Phi) is 7.52. The third-order valence-electron chi connectivity index (χ3n) is 5.25. The molecule has 33 heavy (non-hydrogen) atoms. The summed E-state index contributed by atoms with van der Waals surface area (Å²) >= 11 is 0. The summed E-state index contributed by atoms with van der Waals surface area (Å²) in [6.07, 6.45) is 3.71. The molecule has 0 radical (unpaired) electrons. The summed E-state index contributed by atoms with van der Waals surface area (Å²) in [5, 5.41) is 41.5. The average molecular weight is 454 g/mol. The van der Waals surface area contributed by atoms with Gasteiger partial charge in [-0.3, -0.25) is 20.2 Å². The van der Waals surface area contributed by atoms with Gasteiger partial charge < -0.3 is 14.9 Å². The summed E-state index contributed by atoms with van der Waals surface area (Å²) in [5.74, 6) is -0.596. The van der Waals surface area contributed by atoms with Crippen LogP contribution in [0.4, 0.5) is 11.4 Å². The number of carboxylic acids is 1. The maximum absolute atomic E-state index is 10.5. The number of rotatable bonds is 5. The zero-order chi connectivity index (χ0) is 24.0. The number of non-ortho nitro benzene ring substituents is 2. The van der Waals surface area contributed by atoms with E-state index in [4.69, 9.17) is 9.84 Å². The van der Waals surface area contributed by atoms with E-state index in [1.165, 1.54) is 10.8 Å². The SMILES string of the molecule is O=C(O)c1cc([N+](=O)[O-])cc([N+](=O)[O-])c1.OC1CCCCC1Oc1ccc2ccccc2c1. The monoisotopic (exact) mass is 454 g/mol. The number of nitro groups is 2. The fourth-order valence-corrected chi connectivity index (χ4v) is 3.56. The maximum atomic E-state index is 10.5.